The number of benzene rings is 1. The van der Waals surface area contributed by atoms with Crippen molar-refractivity contribution in [3.05, 3.63) is 41.7 Å². The van der Waals surface area contributed by atoms with Gasteiger partial charge in [0.25, 0.3) is 0 Å². The molecule has 0 aliphatic heterocycles. The van der Waals surface area contributed by atoms with Crippen LogP contribution in [0.5, 0.6) is 0 Å². The fourth-order valence-corrected chi connectivity index (χ4v) is 0.750. The molecule has 0 fully saturated rings. The van der Waals surface area contributed by atoms with Gasteiger partial charge in [0, 0.05) is 0 Å². The molecule has 0 aliphatic rings. The van der Waals surface area contributed by atoms with Crippen LogP contribution in [0.15, 0.2) is 30.6 Å². The lowest BCUT2D eigenvalue weighted by atomic mass is 10.1. The molecule has 0 saturated heterocycles. The van der Waals surface area contributed by atoms with Crippen molar-refractivity contribution < 1.29 is 4.39 Å². The van der Waals surface area contributed by atoms with E-state index in [0.717, 1.165) is 5.56 Å². The summed E-state index contributed by atoms with van der Waals surface area (Å²) in [6, 6.07) is 7.67. The smallest absolute Gasteiger partial charge is 0.0872 e. The molecular weight excluding hydrogens is 127 g/mol. The summed E-state index contributed by atoms with van der Waals surface area (Å²) in [7, 11) is 0. The Balaban J connectivity index is 2.89. The lowest BCUT2D eigenvalue weighted by Gasteiger charge is -1.91. The van der Waals surface area contributed by atoms with Crippen molar-refractivity contribution in [1.29, 1.82) is 0 Å². The normalized spacial score (nSPS) is 10.6. The fourth-order valence-electron chi connectivity index (χ4n) is 0.750. The molecule has 1 aromatic rings. The molecule has 0 aromatic heterocycles. The van der Waals surface area contributed by atoms with Crippen molar-refractivity contribution in [1.82, 2.24) is 0 Å². The summed E-state index contributed by atoms with van der Waals surface area (Å²) in [4.78, 5) is 0. The van der Waals surface area contributed by atoms with Gasteiger partial charge in [-0.15, -0.1) is 0 Å². The van der Waals surface area contributed by atoms with E-state index in [1.807, 2.05) is 31.2 Å². The van der Waals surface area contributed by atoms with Gasteiger partial charge in [-0.2, -0.15) is 0 Å². The Hall–Kier alpha value is -1.11. The van der Waals surface area contributed by atoms with E-state index < -0.39 is 0 Å². The molecule has 0 heterocycles. The summed E-state index contributed by atoms with van der Waals surface area (Å²) >= 11 is 0. The van der Waals surface area contributed by atoms with Crippen LogP contribution in [-0.4, -0.2) is 0 Å². The van der Waals surface area contributed by atoms with Crippen LogP contribution in [0.25, 0.3) is 6.08 Å². The lowest BCUT2D eigenvalue weighted by Crippen LogP contribution is -1.71. The largest absolute Gasteiger partial charge is 0.216 e. The first kappa shape index (κ1) is 7.00. The SMILES string of the molecule is Cc1ccc(/C=C\F)cc1. The maximum atomic E-state index is 11.6. The highest BCUT2D eigenvalue weighted by atomic mass is 19.1. The summed E-state index contributed by atoms with van der Waals surface area (Å²) in [5.74, 6) is 0. The van der Waals surface area contributed by atoms with Crippen molar-refractivity contribution in [2.24, 2.45) is 0 Å². The van der Waals surface area contributed by atoms with Crippen LogP contribution < -0.4 is 0 Å². The predicted octanol–water partition coefficient (Wildman–Crippen LogP) is 2.94. The number of hydrogen-bond acceptors (Lipinski definition) is 0. The van der Waals surface area contributed by atoms with Crippen LogP contribution in [0.3, 0.4) is 0 Å². The second kappa shape index (κ2) is 3.16. The minimum Gasteiger partial charge on any atom is -0.216 e. The molecule has 0 bridgehead atoms. The van der Waals surface area contributed by atoms with E-state index in [-0.39, 0.29) is 0 Å². The molecule has 0 saturated carbocycles. The summed E-state index contributed by atoms with van der Waals surface area (Å²) in [6.07, 6.45) is 1.98. The van der Waals surface area contributed by atoms with Gasteiger partial charge >= 0.3 is 0 Å². The highest BCUT2D eigenvalue weighted by Gasteiger charge is 1.84. The molecule has 1 heteroatoms. The zero-order valence-corrected chi connectivity index (χ0v) is 5.84. The van der Waals surface area contributed by atoms with Crippen LogP contribution in [0.4, 0.5) is 4.39 Å². The average Bonchev–Trinajstić information content (AvgIpc) is 1.95. The van der Waals surface area contributed by atoms with Gasteiger partial charge in [0.2, 0.25) is 0 Å². The highest BCUT2D eigenvalue weighted by Crippen LogP contribution is 2.04. The van der Waals surface area contributed by atoms with Gasteiger partial charge in [-0.25, -0.2) is 4.39 Å². The second-order valence-electron chi connectivity index (χ2n) is 2.20. The van der Waals surface area contributed by atoms with E-state index in [4.69, 9.17) is 0 Å². The number of aryl methyl sites for hydroxylation is 1. The van der Waals surface area contributed by atoms with E-state index in [1.165, 1.54) is 11.6 Å². The van der Waals surface area contributed by atoms with E-state index in [1.54, 1.807) is 0 Å². The molecule has 0 nitrogen and oxygen atoms in total. The third kappa shape index (κ3) is 1.69. The van der Waals surface area contributed by atoms with Crippen molar-refractivity contribution in [2.75, 3.05) is 0 Å². The molecule has 0 radical (unpaired) electrons. The summed E-state index contributed by atoms with van der Waals surface area (Å²) < 4.78 is 11.6. The van der Waals surface area contributed by atoms with Crippen LogP contribution in [0.2, 0.25) is 0 Å². The van der Waals surface area contributed by atoms with Gasteiger partial charge in [0.15, 0.2) is 0 Å². The summed E-state index contributed by atoms with van der Waals surface area (Å²) in [5, 5.41) is 0. The Morgan fingerprint density at radius 2 is 1.80 bits per heavy atom. The molecule has 0 aliphatic carbocycles. The van der Waals surface area contributed by atoms with Gasteiger partial charge in [0.05, 0.1) is 6.33 Å². The molecule has 1 rings (SSSR count). The van der Waals surface area contributed by atoms with E-state index >= 15 is 0 Å². The van der Waals surface area contributed by atoms with Gasteiger partial charge in [-0.1, -0.05) is 29.8 Å². The van der Waals surface area contributed by atoms with Crippen LogP contribution in [0, 0.1) is 6.92 Å². The zero-order chi connectivity index (χ0) is 7.40. The van der Waals surface area contributed by atoms with Gasteiger partial charge in [-0.05, 0) is 18.6 Å². The monoisotopic (exact) mass is 136 g/mol. The fraction of sp³-hybridized carbons (Fsp3) is 0.111. The molecule has 0 spiro atoms. The average molecular weight is 136 g/mol. The standard InChI is InChI=1S/C9H9F/c1-8-2-4-9(5-3-8)6-7-10/h2-7H,1H3/b7-6-. The minimum atomic E-state index is 0.546. The van der Waals surface area contributed by atoms with E-state index in [0.29, 0.717) is 6.33 Å². The quantitative estimate of drug-likeness (QED) is 0.556. The van der Waals surface area contributed by atoms with Crippen molar-refractivity contribution in [3.8, 4) is 0 Å². The summed E-state index contributed by atoms with van der Waals surface area (Å²) in [5.41, 5.74) is 2.09. The van der Waals surface area contributed by atoms with Crippen LogP contribution in [-0.2, 0) is 0 Å². The second-order valence-corrected chi connectivity index (χ2v) is 2.20. The topological polar surface area (TPSA) is 0 Å². The van der Waals surface area contributed by atoms with Crippen molar-refractivity contribution >= 4 is 6.08 Å². The first-order valence-corrected chi connectivity index (χ1v) is 3.16. The maximum absolute atomic E-state index is 11.6. The Morgan fingerprint density at radius 3 is 2.30 bits per heavy atom. The highest BCUT2D eigenvalue weighted by molar-refractivity contribution is 5.48. The molecule has 0 atom stereocenters. The molecular formula is C9H9F. The Morgan fingerprint density at radius 1 is 1.20 bits per heavy atom. The van der Waals surface area contributed by atoms with E-state index in [9.17, 15) is 4.39 Å². The molecule has 10 heavy (non-hydrogen) atoms. The zero-order valence-electron chi connectivity index (χ0n) is 5.84. The predicted molar refractivity (Wildman–Crippen MR) is 41.3 cm³/mol. The minimum absolute atomic E-state index is 0.546. The first-order valence-electron chi connectivity index (χ1n) is 3.16. The molecule has 1 aromatic carbocycles. The van der Waals surface area contributed by atoms with Gasteiger partial charge < -0.3 is 0 Å². The molecule has 52 valence electrons. The number of rotatable bonds is 1. The Bertz CT molecular complexity index is 221. The first-order chi connectivity index (χ1) is 4.83. The van der Waals surface area contributed by atoms with Crippen LogP contribution >= 0.6 is 0 Å². The molecule has 0 N–H and O–H groups in total. The van der Waals surface area contributed by atoms with Crippen LogP contribution in [0.1, 0.15) is 11.1 Å². The maximum Gasteiger partial charge on any atom is 0.0872 e. The van der Waals surface area contributed by atoms with E-state index in [2.05, 4.69) is 0 Å². The number of halogens is 1. The third-order valence-corrected chi connectivity index (χ3v) is 1.33. The van der Waals surface area contributed by atoms with Gasteiger partial charge in [-0.3, -0.25) is 0 Å². The molecule has 0 unspecified atom stereocenters. The molecule has 0 amide bonds. The third-order valence-electron chi connectivity index (χ3n) is 1.33. The lowest BCUT2D eigenvalue weighted by molar-refractivity contribution is 0.727. The van der Waals surface area contributed by atoms with Crippen molar-refractivity contribution in [2.45, 2.75) is 6.92 Å². The Kier molecular flexibility index (Phi) is 2.21. The van der Waals surface area contributed by atoms with Gasteiger partial charge in [0.1, 0.15) is 0 Å². The number of hydrogen-bond donors (Lipinski definition) is 0. The summed E-state index contributed by atoms with van der Waals surface area (Å²) in [6.45, 7) is 2.00. The Labute approximate surface area is 60.0 Å². The van der Waals surface area contributed by atoms with Crippen molar-refractivity contribution in [3.63, 3.8) is 0 Å².